The molecule has 1 saturated heterocycles. The van der Waals surface area contributed by atoms with Crippen molar-refractivity contribution < 1.29 is 14.4 Å². The molecular weight excluding hydrogens is 354 g/mol. The van der Waals surface area contributed by atoms with E-state index in [1.54, 1.807) is 0 Å². The van der Waals surface area contributed by atoms with Crippen molar-refractivity contribution in [1.29, 1.82) is 0 Å². The van der Waals surface area contributed by atoms with Gasteiger partial charge in [0.1, 0.15) is 6.54 Å². The number of hydrogen-bond acceptors (Lipinski definition) is 3. The summed E-state index contributed by atoms with van der Waals surface area (Å²) in [5, 5.41) is 4.78. The van der Waals surface area contributed by atoms with Crippen LogP contribution in [0, 0.1) is 0 Å². The molecule has 1 heterocycles. The summed E-state index contributed by atoms with van der Waals surface area (Å²) in [6.45, 7) is 2.61. The molecule has 6 nitrogen and oxygen atoms in total. The molecule has 160 valence electrons. The number of carbonyl (C=O) groups excluding carboxylic acids is 3. The lowest BCUT2D eigenvalue weighted by atomic mass is 10.1. The fourth-order valence-electron chi connectivity index (χ4n) is 3.27. The number of amides is 5. The molecule has 0 atom stereocenters. The van der Waals surface area contributed by atoms with Gasteiger partial charge < -0.3 is 5.32 Å². The molecule has 5 amide bonds. The summed E-state index contributed by atoms with van der Waals surface area (Å²) in [6, 6.07) is -1.13. The maximum atomic E-state index is 11.8. The Labute approximate surface area is 170 Å². The Hall–Kier alpha value is -1.85. The van der Waals surface area contributed by atoms with E-state index in [-0.39, 0.29) is 6.54 Å². The molecule has 0 aromatic carbocycles. The Morgan fingerprint density at radius 3 is 1.96 bits per heavy atom. The summed E-state index contributed by atoms with van der Waals surface area (Å²) < 4.78 is 0. The summed E-state index contributed by atoms with van der Waals surface area (Å²) in [4.78, 5) is 35.0. The molecule has 1 fully saturated rings. The van der Waals surface area contributed by atoms with E-state index < -0.39 is 18.0 Å². The van der Waals surface area contributed by atoms with Crippen LogP contribution in [-0.4, -0.2) is 36.0 Å². The Morgan fingerprint density at radius 1 is 0.893 bits per heavy atom. The average molecular weight is 394 g/mol. The van der Waals surface area contributed by atoms with Crippen LogP contribution in [0.25, 0.3) is 0 Å². The van der Waals surface area contributed by atoms with Gasteiger partial charge in [-0.3, -0.25) is 10.1 Å². The first-order valence-corrected chi connectivity index (χ1v) is 11.2. The minimum absolute atomic E-state index is 0.182. The van der Waals surface area contributed by atoms with Gasteiger partial charge in [0.2, 0.25) is 5.91 Å². The number of unbranched alkanes of at least 4 members (excludes halogenated alkanes) is 12. The zero-order chi connectivity index (χ0) is 20.5. The molecule has 0 radical (unpaired) electrons. The molecule has 0 bridgehead atoms. The number of nitrogens with one attached hydrogen (secondary N) is 2. The van der Waals surface area contributed by atoms with Crippen molar-refractivity contribution in [3.05, 3.63) is 12.2 Å². The topological polar surface area (TPSA) is 78.5 Å². The molecule has 0 saturated carbocycles. The minimum atomic E-state index is -0.636. The normalized spacial score (nSPS) is 14.1. The number of rotatable bonds is 16. The lowest BCUT2D eigenvalue weighted by Gasteiger charge is -2.12. The highest BCUT2D eigenvalue weighted by molar-refractivity contribution is 6.09. The van der Waals surface area contributed by atoms with Gasteiger partial charge in [0.25, 0.3) is 0 Å². The first-order valence-electron chi connectivity index (χ1n) is 11.2. The van der Waals surface area contributed by atoms with Crippen LogP contribution in [0.3, 0.4) is 0 Å². The van der Waals surface area contributed by atoms with Gasteiger partial charge in [-0.1, -0.05) is 76.9 Å². The Morgan fingerprint density at radius 2 is 1.43 bits per heavy atom. The first-order chi connectivity index (χ1) is 13.6. The molecule has 1 aliphatic rings. The van der Waals surface area contributed by atoms with Crippen molar-refractivity contribution in [2.24, 2.45) is 0 Å². The number of imide groups is 2. The predicted octanol–water partition coefficient (Wildman–Crippen LogP) is 5.29. The molecule has 0 aliphatic carbocycles. The molecular formula is C22H39N3O3. The third-order valence-corrected chi connectivity index (χ3v) is 5.00. The van der Waals surface area contributed by atoms with Crippen LogP contribution in [0.5, 0.6) is 0 Å². The van der Waals surface area contributed by atoms with E-state index in [2.05, 4.69) is 29.7 Å². The highest BCUT2D eigenvalue weighted by Gasteiger charge is 2.31. The van der Waals surface area contributed by atoms with Crippen LogP contribution >= 0.6 is 0 Å². The Balaban J connectivity index is 1.82. The van der Waals surface area contributed by atoms with E-state index in [1.807, 2.05) is 0 Å². The molecule has 0 spiro atoms. The fraction of sp³-hybridized carbons (Fsp3) is 0.773. The Kier molecular flexibility index (Phi) is 13.9. The van der Waals surface area contributed by atoms with E-state index in [9.17, 15) is 14.4 Å². The second-order valence-corrected chi connectivity index (χ2v) is 7.61. The van der Waals surface area contributed by atoms with Gasteiger partial charge in [-0.15, -0.1) is 0 Å². The van der Waals surface area contributed by atoms with Gasteiger partial charge in [-0.25, -0.2) is 14.5 Å². The number of allylic oxidation sites excluding steroid dienone is 2. The zero-order valence-electron chi connectivity index (χ0n) is 17.6. The number of urea groups is 2. The second-order valence-electron chi connectivity index (χ2n) is 7.61. The maximum Gasteiger partial charge on any atom is 0.332 e. The van der Waals surface area contributed by atoms with Crippen LogP contribution in [0.4, 0.5) is 9.59 Å². The van der Waals surface area contributed by atoms with Gasteiger partial charge >= 0.3 is 12.1 Å². The quantitative estimate of drug-likeness (QED) is 0.213. The summed E-state index contributed by atoms with van der Waals surface area (Å²) in [6.07, 6.45) is 22.1. The monoisotopic (exact) mass is 393 g/mol. The summed E-state index contributed by atoms with van der Waals surface area (Å²) >= 11 is 0. The first kappa shape index (κ1) is 24.2. The van der Waals surface area contributed by atoms with Crippen molar-refractivity contribution in [1.82, 2.24) is 15.5 Å². The van der Waals surface area contributed by atoms with Crippen LogP contribution in [-0.2, 0) is 4.79 Å². The number of hydrogen-bond donors (Lipinski definition) is 2. The molecule has 6 heteroatoms. The van der Waals surface area contributed by atoms with Gasteiger partial charge in [0, 0.05) is 6.54 Å². The summed E-state index contributed by atoms with van der Waals surface area (Å²) in [7, 11) is 0. The minimum Gasteiger partial charge on any atom is -0.338 e. The van der Waals surface area contributed by atoms with Gasteiger partial charge in [0.05, 0.1) is 0 Å². The standard InChI is InChI=1S/C22H39N3O3/c1-2-3-4-5-6-7-8-9-10-11-12-13-14-15-16-17-18-23-21(27)25-19-20(26)24-22(25)28/h9-10H,2-8,11-19H2,1H3,(H,23,27)(H,24,26,28)/b10-9-. The summed E-state index contributed by atoms with van der Waals surface area (Å²) in [5.74, 6) is -0.433. The predicted molar refractivity (Wildman–Crippen MR) is 113 cm³/mol. The summed E-state index contributed by atoms with van der Waals surface area (Å²) in [5.41, 5.74) is 0. The highest BCUT2D eigenvalue weighted by Crippen LogP contribution is 2.10. The second kappa shape index (κ2) is 16.1. The molecule has 28 heavy (non-hydrogen) atoms. The lowest BCUT2D eigenvalue weighted by Crippen LogP contribution is -2.42. The van der Waals surface area contributed by atoms with E-state index >= 15 is 0 Å². The SMILES string of the molecule is CCCCCCCC/C=C\CCCCCCCCNC(=O)N1CC(=O)NC1=O. The zero-order valence-corrected chi connectivity index (χ0v) is 17.6. The van der Waals surface area contributed by atoms with Crippen LogP contribution in [0.2, 0.25) is 0 Å². The van der Waals surface area contributed by atoms with E-state index in [0.29, 0.717) is 6.54 Å². The van der Waals surface area contributed by atoms with Crippen LogP contribution in [0.15, 0.2) is 12.2 Å². The molecule has 1 rings (SSSR count). The maximum absolute atomic E-state index is 11.8. The van der Waals surface area contributed by atoms with E-state index in [0.717, 1.165) is 17.7 Å². The van der Waals surface area contributed by atoms with Gasteiger partial charge in [0.15, 0.2) is 0 Å². The third kappa shape index (κ3) is 11.8. The van der Waals surface area contributed by atoms with Crippen LogP contribution < -0.4 is 10.6 Å². The molecule has 0 aromatic rings. The largest absolute Gasteiger partial charge is 0.338 e. The van der Waals surface area contributed by atoms with Gasteiger partial charge in [-0.05, 0) is 32.1 Å². The third-order valence-electron chi connectivity index (χ3n) is 5.00. The van der Waals surface area contributed by atoms with E-state index in [1.165, 1.54) is 77.0 Å². The average Bonchev–Trinajstić information content (AvgIpc) is 3.02. The highest BCUT2D eigenvalue weighted by atomic mass is 16.2. The van der Waals surface area contributed by atoms with Crippen molar-refractivity contribution in [3.8, 4) is 0 Å². The number of nitrogens with zero attached hydrogens (tertiary/aromatic N) is 1. The molecule has 1 aliphatic heterocycles. The van der Waals surface area contributed by atoms with Crippen molar-refractivity contribution in [3.63, 3.8) is 0 Å². The molecule has 2 N–H and O–H groups in total. The van der Waals surface area contributed by atoms with Crippen LogP contribution in [0.1, 0.15) is 96.8 Å². The van der Waals surface area contributed by atoms with Crippen molar-refractivity contribution in [2.45, 2.75) is 96.8 Å². The smallest absolute Gasteiger partial charge is 0.332 e. The van der Waals surface area contributed by atoms with Crippen molar-refractivity contribution >= 4 is 18.0 Å². The molecule has 0 aromatic heterocycles. The van der Waals surface area contributed by atoms with Crippen molar-refractivity contribution in [2.75, 3.05) is 13.1 Å². The fourth-order valence-corrected chi connectivity index (χ4v) is 3.27. The van der Waals surface area contributed by atoms with E-state index in [4.69, 9.17) is 0 Å². The lowest BCUT2D eigenvalue weighted by molar-refractivity contribution is -0.118. The number of carbonyl (C=O) groups is 3. The van der Waals surface area contributed by atoms with Gasteiger partial charge in [-0.2, -0.15) is 0 Å². The molecule has 0 unspecified atom stereocenters. The Bertz CT molecular complexity index is 491.